The van der Waals surface area contributed by atoms with Gasteiger partial charge in [-0.1, -0.05) is 36.9 Å². The van der Waals surface area contributed by atoms with Gasteiger partial charge in [0.2, 0.25) is 11.8 Å². The summed E-state index contributed by atoms with van der Waals surface area (Å²) in [5.41, 5.74) is 6.58. The molecule has 0 saturated heterocycles. The lowest BCUT2D eigenvalue weighted by Gasteiger charge is -2.22. The van der Waals surface area contributed by atoms with Gasteiger partial charge in [0.05, 0.1) is 0 Å². The van der Waals surface area contributed by atoms with Gasteiger partial charge in [0.25, 0.3) is 0 Å². The Morgan fingerprint density at radius 3 is 2.32 bits per heavy atom. The highest BCUT2D eigenvalue weighted by Crippen LogP contribution is 2.08. The fourth-order valence-corrected chi connectivity index (χ4v) is 2.57. The summed E-state index contributed by atoms with van der Waals surface area (Å²) in [4.78, 5) is 47.7. The van der Waals surface area contributed by atoms with Gasteiger partial charge in [0.1, 0.15) is 24.5 Å². The van der Waals surface area contributed by atoms with Crippen molar-refractivity contribution in [3.63, 3.8) is 0 Å². The Hall–Kier alpha value is -3.89. The summed E-state index contributed by atoms with van der Waals surface area (Å²) in [6.45, 7) is 3.37. The van der Waals surface area contributed by atoms with Crippen molar-refractivity contribution in [2.24, 2.45) is 5.73 Å². The van der Waals surface area contributed by atoms with Gasteiger partial charge in [-0.25, -0.2) is 4.79 Å². The first-order valence-electron chi connectivity index (χ1n) is 9.39. The summed E-state index contributed by atoms with van der Waals surface area (Å²) in [5, 5.41) is 23.6. The third-order valence-corrected chi connectivity index (χ3v) is 4.17. The molecule has 1 aromatic carbocycles. The molecule has 0 spiro atoms. The van der Waals surface area contributed by atoms with E-state index in [1.54, 1.807) is 24.3 Å². The van der Waals surface area contributed by atoms with E-state index in [-0.39, 0.29) is 31.7 Å². The molecule has 0 aliphatic carbocycles. The summed E-state index contributed by atoms with van der Waals surface area (Å²) < 4.78 is 4.86. The number of rotatable bonds is 12. The number of alkyl carbamates (subject to hydrolysis) is 1. The van der Waals surface area contributed by atoms with Gasteiger partial charge in [-0.3, -0.25) is 19.8 Å². The lowest BCUT2D eigenvalue weighted by atomic mass is 10.0. The number of hydrogen-bond donors (Lipinski definition) is 6. The van der Waals surface area contributed by atoms with E-state index in [0.29, 0.717) is 11.1 Å². The zero-order valence-corrected chi connectivity index (χ0v) is 17.1. The Bertz CT molecular complexity index is 824. The fourth-order valence-electron chi connectivity index (χ4n) is 2.57. The second-order valence-electron chi connectivity index (χ2n) is 6.51. The van der Waals surface area contributed by atoms with Crippen molar-refractivity contribution >= 4 is 29.7 Å². The van der Waals surface area contributed by atoms with E-state index >= 15 is 0 Å². The third kappa shape index (κ3) is 8.98. The van der Waals surface area contributed by atoms with E-state index in [1.807, 2.05) is 0 Å². The highest BCUT2D eigenvalue weighted by molar-refractivity contribution is 5.95. The maximum absolute atomic E-state index is 12.8. The molecule has 1 rings (SSSR count). The Labute approximate surface area is 179 Å². The van der Waals surface area contributed by atoms with E-state index in [0.717, 1.165) is 0 Å². The van der Waals surface area contributed by atoms with Gasteiger partial charge in [0.15, 0.2) is 0 Å². The molecule has 11 nitrogen and oxygen atoms in total. The monoisotopic (exact) mass is 433 g/mol. The minimum absolute atomic E-state index is 0.0482. The van der Waals surface area contributed by atoms with Crippen LogP contribution in [0.2, 0.25) is 0 Å². The van der Waals surface area contributed by atoms with Gasteiger partial charge in [-0.15, -0.1) is 0 Å². The van der Waals surface area contributed by atoms with Crippen LogP contribution in [0, 0.1) is 5.41 Å². The zero-order chi connectivity index (χ0) is 23.4. The highest BCUT2D eigenvalue weighted by atomic mass is 16.5. The number of amidine groups is 1. The van der Waals surface area contributed by atoms with Crippen molar-refractivity contribution in [3.8, 4) is 0 Å². The predicted octanol–water partition coefficient (Wildman–Crippen LogP) is -0.110. The third-order valence-electron chi connectivity index (χ3n) is 4.17. The van der Waals surface area contributed by atoms with Crippen LogP contribution in [0.25, 0.3) is 0 Å². The molecule has 0 aromatic heterocycles. The number of carbonyl (C=O) groups is 4. The summed E-state index contributed by atoms with van der Waals surface area (Å²) in [6.07, 6.45) is 0.101. The van der Waals surface area contributed by atoms with Crippen LogP contribution < -0.4 is 21.7 Å². The topological polar surface area (TPSA) is 184 Å². The van der Waals surface area contributed by atoms with Crippen LogP contribution >= 0.6 is 0 Å². The number of amides is 3. The maximum atomic E-state index is 12.8. The van der Waals surface area contributed by atoms with Crippen LogP contribution in [0.1, 0.15) is 24.0 Å². The second kappa shape index (κ2) is 12.6. The number of carboxylic acid groups (broad SMARTS) is 1. The molecule has 0 aliphatic heterocycles. The van der Waals surface area contributed by atoms with E-state index in [9.17, 15) is 19.2 Å². The van der Waals surface area contributed by atoms with Crippen LogP contribution in [0.5, 0.6) is 0 Å². The Balaban J connectivity index is 3.00. The second-order valence-corrected chi connectivity index (χ2v) is 6.51. The number of aliphatic carboxylic acids is 1. The van der Waals surface area contributed by atoms with Crippen molar-refractivity contribution < 1.29 is 29.0 Å². The largest absolute Gasteiger partial charge is 0.481 e. The van der Waals surface area contributed by atoms with Crippen molar-refractivity contribution in [1.29, 1.82) is 5.41 Å². The fraction of sp³-hybridized carbons (Fsp3) is 0.350. The Morgan fingerprint density at radius 1 is 1.16 bits per heavy atom. The van der Waals surface area contributed by atoms with Crippen LogP contribution in [-0.2, 0) is 25.5 Å². The van der Waals surface area contributed by atoms with Crippen molar-refractivity contribution in [2.75, 3.05) is 13.7 Å². The van der Waals surface area contributed by atoms with Crippen LogP contribution in [0.15, 0.2) is 36.9 Å². The standard InChI is InChI=1S/C20H27N5O6/c1-3-10-31-20(30)25-15(11-12-4-6-13(7-5-12)17(21)22)19(29)24-14(18(28)23-2)8-9-16(26)27/h3-7,14-15H,1,8-11H2,2H3,(H3,21,22)(H,23,28)(H,24,29)(H,25,30)(H,26,27). The number of benzene rings is 1. The van der Waals surface area contributed by atoms with Crippen molar-refractivity contribution in [1.82, 2.24) is 16.0 Å². The molecule has 3 amide bonds. The summed E-state index contributed by atoms with van der Waals surface area (Å²) in [5.74, 6) is -2.48. The molecule has 168 valence electrons. The normalized spacial score (nSPS) is 12.0. The molecule has 2 unspecified atom stereocenters. The molecule has 1 aromatic rings. The molecule has 0 bridgehead atoms. The lowest BCUT2D eigenvalue weighted by molar-refractivity contribution is -0.138. The molecule has 2 atom stereocenters. The van der Waals surface area contributed by atoms with Crippen molar-refractivity contribution in [3.05, 3.63) is 48.0 Å². The van der Waals surface area contributed by atoms with Crippen LogP contribution in [0.3, 0.4) is 0 Å². The average molecular weight is 433 g/mol. The molecule has 31 heavy (non-hydrogen) atoms. The van der Waals surface area contributed by atoms with Gasteiger partial charge < -0.3 is 31.5 Å². The van der Waals surface area contributed by atoms with E-state index < -0.39 is 36.0 Å². The van der Waals surface area contributed by atoms with Gasteiger partial charge in [-0.2, -0.15) is 0 Å². The van der Waals surface area contributed by atoms with Gasteiger partial charge in [0, 0.05) is 25.5 Å². The van der Waals surface area contributed by atoms with Crippen molar-refractivity contribution in [2.45, 2.75) is 31.3 Å². The number of nitrogen functional groups attached to an aromatic ring is 1. The first kappa shape index (κ1) is 25.1. The smallest absolute Gasteiger partial charge is 0.408 e. The van der Waals surface area contributed by atoms with Crippen LogP contribution in [-0.4, -0.2) is 60.6 Å². The summed E-state index contributed by atoms with van der Waals surface area (Å²) >= 11 is 0. The average Bonchev–Trinajstić information content (AvgIpc) is 2.74. The van der Waals surface area contributed by atoms with Crippen LogP contribution in [0.4, 0.5) is 4.79 Å². The number of carbonyl (C=O) groups excluding carboxylic acids is 3. The molecular weight excluding hydrogens is 406 g/mol. The first-order chi connectivity index (χ1) is 14.7. The minimum Gasteiger partial charge on any atom is -0.481 e. The van der Waals surface area contributed by atoms with Gasteiger partial charge in [-0.05, 0) is 12.0 Å². The molecule has 0 radical (unpaired) electrons. The molecule has 7 N–H and O–H groups in total. The highest BCUT2D eigenvalue weighted by Gasteiger charge is 2.27. The van der Waals surface area contributed by atoms with E-state index in [4.69, 9.17) is 21.0 Å². The Morgan fingerprint density at radius 2 is 1.81 bits per heavy atom. The van der Waals surface area contributed by atoms with Gasteiger partial charge >= 0.3 is 12.1 Å². The molecule has 0 heterocycles. The zero-order valence-electron chi connectivity index (χ0n) is 17.1. The number of nitrogens with one attached hydrogen (secondary N) is 4. The lowest BCUT2D eigenvalue weighted by Crippen LogP contribution is -2.54. The predicted molar refractivity (Wildman–Crippen MR) is 112 cm³/mol. The molecule has 0 fully saturated rings. The maximum Gasteiger partial charge on any atom is 0.408 e. The summed E-state index contributed by atoms with van der Waals surface area (Å²) in [6, 6.07) is 4.29. The summed E-state index contributed by atoms with van der Waals surface area (Å²) in [7, 11) is 1.36. The number of nitrogens with two attached hydrogens (primary N) is 1. The SMILES string of the molecule is C=CCOC(=O)NC(Cc1ccc(C(=N)N)cc1)C(=O)NC(CCC(=O)O)C(=O)NC. The minimum atomic E-state index is -1.11. The number of ether oxygens (including phenoxy) is 1. The molecule has 0 saturated carbocycles. The molecular formula is C20H27N5O6. The van der Waals surface area contributed by atoms with E-state index in [1.165, 1.54) is 13.1 Å². The van der Waals surface area contributed by atoms with E-state index in [2.05, 4.69) is 22.5 Å². The Kier molecular flexibility index (Phi) is 10.2. The molecule has 0 aliphatic rings. The number of likely N-dealkylation sites (N-methyl/N-ethyl adjacent to an activating group) is 1. The number of hydrogen-bond acceptors (Lipinski definition) is 6. The quantitative estimate of drug-likeness (QED) is 0.151. The molecule has 11 heteroatoms. The number of carboxylic acids is 1. The first-order valence-corrected chi connectivity index (χ1v) is 9.39.